The number of hydrogen-bond donors (Lipinski definition) is 0. The molecule has 0 aromatic carbocycles. The van der Waals surface area contributed by atoms with E-state index in [2.05, 4.69) is 167 Å². The summed E-state index contributed by atoms with van der Waals surface area (Å²) in [6.07, 6.45) is 94.2. The molecule has 438 valence electrons. The maximum atomic E-state index is 12.8. The zero-order chi connectivity index (χ0) is 56.4. The Morgan fingerprint density at radius 1 is 0.269 bits per heavy atom. The van der Waals surface area contributed by atoms with Gasteiger partial charge in [-0.3, -0.25) is 14.4 Å². The smallest absolute Gasteiger partial charge is 0.306 e. The summed E-state index contributed by atoms with van der Waals surface area (Å²) in [6.45, 7) is 6.30. The molecular formula is C72H114O6. The minimum atomic E-state index is -0.827. The summed E-state index contributed by atoms with van der Waals surface area (Å²) in [7, 11) is 0. The number of carbonyl (C=O) groups excluding carboxylic acids is 3. The number of unbranched alkanes of at least 4 members (excludes halogenated alkanes) is 18. The van der Waals surface area contributed by atoms with Crippen LogP contribution >= 0.6 is 0 Å². The van der Waals surface area contributed by atoms with Crippen LogP contribution in [0.3, 0.4) is 0 Å². The van der Waals surface area contributed by atoms with E-state index in [1.54, 1.807) is 0 Å². The van der Waals surface area contributed by atoms with Gasteiger partial charge in [0.05, 0.1) is 0 Å². The van der Waals surface area contributed by atoms with Crippen molar-refractivity contribution in [1.82, 2.24) is 0 Å². The molecule has 0 saturated carbocycles. The van der Waals surface area contributed by atoms with Gasteiger partial charge in [-0.2, -0.15) is 0 Å². The van der Waals surface area contributed by atoms with Crippen LogP contribution in [0.1, 0.15) is 258 Å². The van der Waals surface area contributed by atoms with Crippen molar-refractivity contribution in [2.75, 3.05) is 13.2 Å². The predicted molar refractivity (Wildman–Crippen MR) is 338 cm³/mol. The quantitative estimate of drug-likeness (QED) is 0.0261. The molecule has 0 radical (unpaired) electrons. The summed E-state index contributed by atoms with van der Waals surface area (Å²) < 4.78 is 16.8. The molecule has 0 aliphatic rings. The van der Waals surface area contributed by atoms with Gasteiger partial charge in [0.25, 0.3) is 0 Å². The molecule has 6 heteroatoms. The van der Waals surface area contributed by atoms with Crippen LogP contribution in [-0.2, 0) is 28.6 Å². The molecule has 0 saturated heterocycles. The lowest BCUT2D eigenvalue weighted by Crippen LogP contribution is -2.30. The molecular weight excluding hydrogens is 961 g/mol. The number of ether oxygens (including phenoxy) is 3. The lowest BCUT2D eigenvalue weighted by Gasteiger charge is -2.18. The third-order valence-corrected chi connectivity index (χ3v) is 12.8. The number of hydrogen-bond acceptors (Lipinski definition) is 6. The minimum Gasteiger partial charge on any atom is -0.462 e. The van der Waals surface area contributed by atoms with E-state index >= 15 is 0 Å². The number of carbonyl (C=O) groups is 3. The highest BCUT2D eigenvalue weighted by atomic mass is 16.6. The summed E-state index contributed by atoms with van der Waals surface area (Å²) in [5, 5.41) is 0. The third kappa shape index (κ3) is 61.9. The lowest BCUT2D eigenvalue weighted by atomic mass is 10.1. The standard InChI is InChI=1S/C72H114O6/c1-4-7-10-13-16-19-22-25-26-27-28-29-30-31-32-33-34-35-36-37-38-39-40-41-42-43-44-45-46-48-50-53-56-59-62-65-71(74)77-68-69(67-76-70(73)64-61-58-55-52-49-24-21-18-15-12-9-6-3)78-72(75)66-63-60-57-54-51-47-23-20-17-14-11-8-5-2/h7-8,10-11,16-21,25-26,28-29,31-32,34-35,37-38,40-41,47,51,57,60,69H,4-6,9,12-15,22-24,27,30,33,36,39,42-46,48-50,52-56,58-59,61-68H2,1-3H3/b10-7-,11-8-,19-16-,20-17-,21-18-,26-25-,29-28-,32-31-,35-34-,38-37-,41-40-,51-47-,60-57-. The van der Waals surface area contributed by atoms with E-state index in [1.165, 1.54) is 77.0 Å². The van der Waals surface area contributed by atoms with Crippen molar-refractivity contribution < 1.29 is 28.6 Å². The highest BCUT2D eigenvalue weighted by Crippen LogP contribution is 2.14. The van der Waals surface area contributed by atoms with Crippen LogP contribution in [0.2, 0.25) is 0 Å². The van der Waals surface area contributed by atoms with Gasteiger partial charge in [-0.05, 0) is 135 Å². The number of rotatable bonds is 55. The average molecular weight is 1080 g/mol. The van der Waals surface area contributed by atoms with E-state index in [9.17, 15) is 14.4 Å². The zero-order valence-electron chi connectivity index (χ0n) is 50.1. The van der Waals surface area contributed by atoms with Crippen LogP contribution in [0.4, 0.5) is 0 Å². The Labute approximate surface area is 480 Å². The van der Waals surface area contributed by atoms with Crippen LogP contribution in [0.15, 0.2) is 158 Å². The van der Waals surface area contributed by atoms with E-state index in [1.807, 2.05) is 12.2 Å². The van der Waals surface area contributed by atoms with Crippen molar-refractivity contribution in [2.24, 2.45) is 0 Å². The van der Waals surface area contributed by atoms with Gasteiger partial charge in [-0.1, -0.05) is 262 Å². The minimum absolute atomic E-state index is 0.116. The second-order valence-electron chi connectivity index (χ2n) is 20.2. The van der Waals surface area contributed by atoms with Crippen LogP contribution in [-0.4, -0.2) is 37.2 Å². The van der Waals surface area contributed by atoms with Crippen molar-refractivity contribution in [3.05, 3.63) is 158 Å². The summed E-state index contributed by atoms with van der Waals surface area (Å²) >= 11 is 0. The molecule has 0 aliphatic heterocycles. The normalized spacial score (nSPS) is 13.2. The summed E-state index contributed by atoms with van der Waals surface area (Å²) in [6, 6.07) is 0. The molecule has 78 heavy (non-hydrogen) atoms. The van der Waals surface area contributed by atoms with Gasteiger partial charge >= 0.3 is 17.9 Å². The van der Waals surface area contributed by atoms with E-state index in [4.69, 9.17) is 14.2 Å². The Morgan fingerprint density at radius 2 is 0.526 bits per heavy atom. The molecule has 0 heterocycles. The molecule has 0 fully saturated rings. The van der Waals surface area contributed by atoms with Crippen molar-refractivity contribution in [1.29, 1.82) is 0 Å². The molecule has 0 amide bonds. The van der Waals surface area contributed by atoms with Crippen LogP contribution in [0, 0.1) is 0 Å². The van der Waals surface area contributed by atoms with Gasteiger partial charge in [0.15, 0.2) is 6.10 Å². The fraction of sp³-hybridized carbons (Fsp3) is 0.597. The van der Waals surface area contributed by atoms with Crippen molar-refractivity contribution >= 4 is 17.9 Å². The molecule has 0 aromatic heterocycles. The Kier molecular flexibility index (Phi) is 60.4. The molecule has 1 unspecified atom stereocenters. The third-order valence-electron chi connectivity index (χ3n) is 12.8. The first kappa shape index (κ1) is 73.0. The fourth-order valence-corrected chi connectivity index (χ4v) is 8.11. The van der Waals surface area contributed by atoms with E-state index < -0.39 is 12.1 Å². The monoisotopic (exact) mass is 1070 g/mol. The van der Waals surface area contributed by atoms with Gasteiger partial charge in [0.1, 0.15) is 13.2 Å². The molecule has 1 atom stereocenters. The summed E-state index contributed by atoms with van der Waals surface area (Å²) in [5.74, 6) is -1.02. The van der Waals surface area contributed by atoms with Crippen LogP contribution in [0.5, 0.6) is 0 Å². The van der Waals surface area contributed by atoms with Crippen molar-refractivity contribution in [3.63, 3.8) is 0 Å². The van der Waals surface area contributed by atoms with E-state index in [-0.39, 0.29) is 31.6 Å². The Morgan fingerprint density at radius 3 is 0.846 bits per heavy atom. The number of esters is 3. The zero-order valence-corrected chi connectivity index (χ0v) is 50.1. The molecule has 0 aromatic rings. The lowest BCUT2D eigenvalue weighted by molar-refractivity contribution is -0.166. The van der Waals surface area contributed by atoms with Gasteiger partial charge in [-0.15, -0.1) is 0 Å². The first-order chi connectivity index (χ1) is 38.5. The summed E-state index contributed by atoms with van der Waals surface area (Å²) in [5.41, 5.74) is 0. The molecule has 0 bridgehead atoms. The SMILES string of the molecule is CC/C=C\C/C=C\C/C=C\C/C=C\C/C=C\C/C=C\C/C=C\C/C=C\CCCCCCCCCCCCC(=O)OCC(COC(=O)CCCCCCC/C=C\CCCCC)OC(=O)CC/C=C\C/C=C\C/C=C\C/C=C\CC. The predicted octanol–water partition coefficient (Wildman–Crippen LogP) is 21.7. The topological polar surface area (TPSA) is 78.9 Å². The van der Waals surface area contributed by atoms with E-state index in [0.29, 0.717) is 19.3 Å². The first-order valence-electron chi connectivity index (χ1n) is 31.5. The average Bonchev–Trinajstić information content (AvgIpc) is 3.44. The van der Waals surface area contributed by atoms with Crippen LogP contribution in [0.25, 0.3) is 0 Å². The maximum Gasteiger partial charge on any atom is 0.306 e. The maximum absolute atomic E-state index is 12.8. The van der Waals surface area contributed by atoms with Gasteiger partial charge in [0, 0.05) is 19.3 Å². The Hall–Kier alpha value is -4.97. The molecule has 6 nitrogen and oxygen atoms in total. The Bertz CT molecular complexity index is 1760. The highest BCUT2D eigenvalue weighted by Gasteiger charge is 2.19. The molecule has 0 spiro atoms. The van der Waals surface area contributed by atoms with Crippen LogP contribution < -0.4 is 0 Å². The van der Waals surface area contributed by atoms with Gasteiger partial charge in [-0.25, -0.2) is 0 Å². The largest absolute Gasteiger partial charge is 0.462 e. The fourth-order valence-electron chi connectivity index (χ4n) is 8.11. The highest BCUT2D eigenvalue weighted by molar-refractivity contribution is 5.71. The molecule has 0 aliphatic carbocycles. The van der Waals surface area contributed by atoms with Crippen molar-refractivity contribution in [3.8, 4) is 0 Å². The molecule has 0 rings (SSSR count). The van der Waals surface area contributed by atoms with E-state index in [0.717, 1.165) is 135 Å². The molecule has 0 N–H and O–H groups in total. The second kappa shape index (κ2) is 64.6. The van der Waals surface area contributed by atoms with Gasteiger partial charge < -0.3 is 14.2 Å². The summed E-state index contributed by atoms with van der Waals surface area (Å²) in [4.78, 5) is 38.1. The second-order valence-corrected chi connectivity index (χ2v) is 20.2. The first-order valence-corrected chi connectivity index (χ1v) is 31.5. The van der Waals surface area contributed by atoms with Gasteiger partial charge in [0.2, 0.25) is 0 Å². The van der Waals surface area contributed by atoms with Crippen molar-refractivity contribution in [2.45, 2.75) is 264 Å². The Balaban J connectivity index is 4.23. The number of allylic oxidation sites excluding steroid dienone is 26.